The van der Waals surface area contributed by atoms with E-state index in [9.17, 15) is 13.6 Å². The Labute approximate surface area is 131 Å². The smallest absolute Gasteiger partial charge is 0.387 e. The van der Waals surface area contributed by atoms with Gasteiger partial charge in [-0.2, -0.15) is 8.78 Å². The monoisotopic (exact) mass is 325 g/mol. The number of rotatable bonds is 7. The van der Waals surface area contributed by atoms with Crippen molar-refractivity contribution in [2.24, 2.45) is 0 Å². The number of halogens is 2. The quantitative estimate of drug-likeness (QED) is 0.830. The molecule has 0 aliphatic rings. The van der Waals surface area contributed by atoms with E-state index in [1.165, 1.54) is 12.1 Å². The van der Waals surface area contributed by atoms with E-state index < -0.39 is 6.61 Å². The summed E-state index contributed by atoms with van der Waals surface area (Å²) >= 11 is 1.62. The zero-order valence-corrected chi connectivity index (χ0v) is 12.9. The van der Waals surface area contributed by atoms with Gasteiger partial charge in [-0.25, -0.2) is 0 Å². The summed E-state index contributed by atoms with van der Waals surface area (Å²) in [4.78, 5) is 13.1. The molecule has 3 nitrogen and oxygen atoms in total. The summed E-state index contributed by atoms with van der Waals surface area (Å²) in [7, 11) is 0. The zero-order chi connectivity index (χ0) is 15.9. The number of carbonyl (C=O) groups excluding carboxylic acids is 1. The van der Waals surface area contributed by atoms with Crippen molar-refractivity contribution in [3.05, 3.63) is 52.2 Å². The van der Waals surface area contributed by atoms with Crippen LogP contribution in [0.1, 0.15) is 29.8 Å². The first kappa shape index (κ1) is 16.4. The van der Waals surface area contributed by atoms with E-state index in [0.29, 0.717) is 12.8 Å². The highest BCUT2D eigenvalue weighted by atomic mass is 32.1. The first-order valence-electron chi connectivity index (χ1n) is 6.91. The highest BCUT2D eigenvalue weighted by Gasteiger charge is 2.12. The minimum Gasteiger partial charge on any atom is -0.435 e. The Balaban J connectivity index is 1.88. The van der Waals surface area contributed by atoms with Crippen LogP contribution >= 0.6 is 11.3 Å². The molecule has 0 saturated heterocycles. The fourth-order valence-electron chi connectivity index (χ4n) is 2.05. The standard InChI is InChI=1S/C16H17F2NO2S/c1-11(12-4-2-5-13(10-12)21-16(17)18)19-15(20)8-7-14-6-3-9-22-14/h2-6,9-11,16H,7-8H2,1H3,(H,19,20)/t11-/m1/s1. The first-order chi connectivity index (χ1) is 10.5. The summed E-state index contributed by atoms with van der Waals surface area (Å²) in [5.41, 5.74) is 0.725. The van der Waals surface area contributed by atoms with E-state index in [4.69, 9.17) is 0 Å². The molecule has 1 atom stereocenters. The molecule has 1 N–H and O–H groups in total. The van der Waals surface area contributed by atoms with Crippen molar-refractivity contribution in [2.75, 3.05) is 0 Å². The Kier molecular flexibility index (Phi) is 5.89. The summed E-state index contributed by atoms with van der Waals surface area (Å²) < 4.78 is 28.8. The second-order valence-corrected chi connectivity index (χ2v) is 5.85. The maximum Gasteiger partial charge on any atom is 0.387 e. The Morgan fingerprint density at radius 1 is 1.32 bits per heavy atom. The average molecular weight is 325 g/mol. The van der Waals surface area contributed by atoms with Gasteiger partial charge >= 0.3 is 6.61 Å². The number of ether oxygens (including phenoxy) is 1. The molecule has 0 saturated carbocycles. The van der Waals surface area contributed by atoms with Crippen LogP contribution in [-0.2, 0) is 11.2 Å². The number of alkyl halides is 2. The molecule has 0 spiro atoms. The molecule has 0 radical (unpaired) electrons. The van der Waals surface area contributed by atoms with E-state index in [1.807, 2.05) is 24.4 Å². The van der Waals surface area contributed by atoms with Gasteiger partial charge in [0.25, 0.3) is 0 Å². The molecule has 1 aromatic carbocycles. The van der Waals surface area contributed by atoms with Gasteiger partial charge in [0.15, 0.2) is 0 Å². The molecule has 0 unspecified atom stereocenters. The third-order valence-corrected chi connectivity index (χ3v) is 4.08. The SMILES string of the molecule is C[C@@H](NC(=O)CCc1cccs1)c1cccc(OC(F)F)c1. The fourth-order valence-corrected chi connectivity index (χ4v) is 2.76. The van der Waals surface area contributed by atoms with Crippen molar-refractivity contribution in [3.8, 4) is 5.75 Å². The van der Waals surface area contributed by atoms with Crippen LogP contribution in [-0.4, -0.2) is 12.5 Å². The van der Waals surface area contributed by atoms with Crippen LogP contribution < -0.4 is 10.1 Å². The molecule has 0 aliphatic carbocycles. The molecule has 0 aliphatic heterocycles. The Bertz CT molecular complexity index is 602. The van der Waals surface area contributed by atoms with E-state index in [0.717, 1.165) is 10.4 Å². The van der Waals surface area contributed by atoms with Crippen LogP contribution in [0.25, 0.3) is 0 Å². The average Bonchev–Trinajstić information content (AvgIpc) is 2.98. The van der Waals surface area contributed by atoms with Crippen LogP contribution in [0.5, 0.6) is 5.75 Å². The molecule has 2 rings (SSSR count). The zero-order valence-electron chi connectivity index (χ0n) is 12.1. The number of thiophene rings is 1. The lowest BCUT2D eigenvalue weighted by molar-refractivity contribution is -0.121. The minimum absolute atomic E-state index is 0.0684. The van der Waals surface area contributed by atoms with Gasteiger partial charge in [-0.15, -0.1) is 11.3 Å². The van der Waals surface area contributed by atoms with Gasteiger partial charge in [0.2, 0.25) is 5.91 Å². The van der Waals surface area contributed by atoms with Crippen molar-refractivity contribution in [1.29, 1.82) is 0 Å². The second kappa shape index (κ2) is 7.89. The van der Waals surface area contributed by atoms with Crippen LogP contribution in [0, 0.1) is 0 Å². The maximum atomic E-state index is 12.2. The second-order valence-electron chi connectivity index (χ2n) is 4.82. The maximum absolute atomic E-state index is 12.2. The Morgan fingerprint density at radius 2 is 2.14 bits per heavy atom. The third-order valence-electron chi connectivity index (χ3n) is 3.14. The van der Waals surface area contributed by atoms with Crippen molar-refractivity contribution in [3.63, 3.8) is 0 Å². The summed E-state index contributed by atoms with van der Waals surface area (Å²) in [5.74, 6) is 0.0215. The lowest BCUT2D eigenvalue weighted by Gasteiger charge is -2.15. The van der Waals surface area contributed by atoms with Gasteiger partial charge in [0.05, 0.1) is 6.04 Å². The van der Waals surface area contributed by atoms with Crippen molar-refractivity contribution < 1.29 is 18.3 Å². The lowest BCUT2D eigenvalue weighted by Crippen LogP contribution is -2.26. The molecular formula is C16H17F2NO2S. The number of hydrogen-bond acceptors (Lipinski definition) is 3. The normalized spacial score (nSPS) is 12.2. The Hall–Kier alpha value is -1.95. The number of carbonyl (C=O) groups is 1. The molecule has 6 heteroatoms. The molecule has 1 amide bonds. The molecule has 0 fully saturated rings. The predicted octanol–water partition coefficient (Wildman–Crippen LogP) is 4.16. The number of hydrogen-bond donors (Lipinski definition) is 1. The number of aryl methyl sites for hydroxylation is 1. The summed E-state index contributed by atoms with van der Waals surface area (Å²) in [5, 5.41) is 4.84. The van der Waals surface area contributed by atoms with Crippen molar-refractivity contribution in [1.82, 2.24) is 5.32 Å². The fraction of sp³-hybridized carbons (Fsp3) is 0.312. The van der Waals surface area contributed by atoms with Gasteiger partial charge in [-0.05, 0) is 42.5 Å². The predicted molar refractivity (Wildman–Crippen MR) is 82.3 cm³/mol. The van der Waals surface area contributed by atoms with Crippen molar-refractivity contribution >= 4 is 17.2 Å². The molecule has 1 aromatic heterocycles. The number of benzene rings is 1. The topological polar surface area (TPSA) is 38.3 Å². The highest BCUT2D eigenvalue weighted by molar-refractivity contribution is 7.09. The summed E-state index contributed by atoms with van der Waals surface area (Å²) in [6, 6.07) is 10.0. The van der Waals surface area contributed by atoms with Crippen LogP contribution in [0.3, 0.4) is 0 Å². The van der Waals surface area contributed by atoms with Crippen LogP contribution in [0.2, 0.25) is 0 Å². The van der Waals surface area contributed by atoms with Gasteiger partial charge in [-0.3, -0.25) is 4.79 Å². The molecule has 2 aromatic rings. The molecule has 1 heterocycles. The lowest BCUT2D eigenvalue weighted by atomic mass is 10.1. The number of amides is 1. The van der Waals surface area contributed by atoms with Gasteiger partial charge < -0.3 is 10.1 Å². The van der Waals surface area contributed by atoms with Crippen molar-refractivity contribution in [2.45, 2.75) is 32.4 Å². The van der Waals surface area contributed by atoms with E-state index in [1.54, 1.807) is 23.5 Å². The summed E-state index contributed by atoms with van der Waals surface area (Å²) in [6.45, 7) is -1.05. The molecule has 0 bridgehead atoms. The molecular weight excluding hydrogens is 308 g/mol. The Morgan fingerprint density at radius 3 is 2.82 bits per heavy atom. The third kappa shape index (κ3) is 5.11. The molecule has 118 valence electrons. The molecule has 22 heavy (non-hydrogen) atoms. The number of nitrogens with one attached hydrogen (secondary N) is 1. The van der Waals surface area contributed by atoms with Gasteiger partial charge in [-0.1, -0.05) is 18.2 Å². The summed E-state index contributed by atoms with van der Waals surface area (Å²) in [6.07, 6.45) is 1.10. The van der Waals surface area contributed by atoms with Crippen LogP contribution in [0.15, 0.2) is 41.8 Å². The van der Waals surface area contributed by atoms with E-state index in [-0.39, 0.29) is 17.7 Å². The minimum atomic E-state index is -2.86. The van der Waals surface area contributed by atoms with Gasteiger partial charge in [0, 0.05) is 11.3 Å². The largest absolute Gasteiger partial charge is 0.435 e. The first-order valence-corrected chi connectivity index (χ1v) is 7.79. The van der Waals surface area contributed by atoms with Crippen LogP contribution in [0.4, 0.5) is 8.78 Å². The van der Waals surface area contributed by atoms with E-state index >= 15 is 0 Å². The van der Waals surface area contributed by atoms with E-state index in [2.05, 4.69) is 10.1 Å². The highest BCUT2D eigenvalue weighted by Crippen LogP contribution is 2.21. The van der Waals surface area contributed by atoms with Gasteiger partial charge in [0.1, 0.15) is 5.75 Å².